The molecule has 0 saturated heterocycles. The Hall–Kier alpha value is -1.99. The summed E-state index contributed by atoms with van der Waals surface area (Å²) in [5.74, 6) is 0.734. The average Bonchev–Trinajstić information content (AvgIpc) is 2.99. The van der Waals surface area contributed by atoms with E-state index in [1.54, 1.807) is 0 Å². The Morgan fingerprint density at radius 3 is 1.07 bits per heavy atom. The van der Waals surface area contributed by atoms with E-state index in [1.807, 2.05) is 0 Å². The number of aliphatic imine (C=N–C) groups is 2. The predicted molar refractivity (Wildman–Crippen MR) is 193 cm³/mol. The van der Waals surface area contributed by atoms with Gasteiger partial charge in [-0.05, 0) is 32.1 Å². The predicted octanol–water partition coefficient (Wildman–Crippen LogP) is 8.30. The summed E-state index contributed by atoms with van der Waals surface area (Å²) >= 11 is 0. The monoisotopic (exact) mass is 622 g/mol. The third-order valence-electron chi connectivity index (χ3n) is 8.61. The number of hydrogen-bond donors (Lipinski definition) is 4. The zero-order valence-electron chi connectivity index (χ0n) is 29.2. The van der Waals surface area contributed by atoms with E-state index in [2.05, 4.69) is 21.8 Å². The third-order valence-corrected chi connectivity index (χ3v) is 8.61. The molecule has 0 atom stereocenters. The van der Waals surface area contributed by atoms with Crippen molar-refractivity contribution in [2.75, 3.05) is 26.2 Å². The maximum Gasteiger partial charge on any atom is 0.222 e. The molecule has 0 heterocycles. The van der Waals surface area contributed by atoms with E-state index in [-0.39, 0.29) is 11.9 Å². The molecule has 0 saturated carbocycles. The number of unbranched alkanes of at least 4 members (excludes halogenated alkanes) is 24. The fraction of sp³-hybridized carbons (Fsp3) is 0.917. The number of rotatable bonds is 34. The van der Waals surface area contributed by atoms with Crippen molar-refractivity contribution in [3.63, 3.8) is 0 Å². The smallest absolute Gasteiger partial charge is 0.222 e. The van der Waals surface area contributed by atoms with Gasteiger partial charge in [0.1, 0.15) is 0 Å². The number of amides is 1. The van der Waals surface area contributed by atoms with E-state index >= 15 is 0 Å². The van der Waals surface area contributed by atoms with Gasteiger partial charge in [-0.15, -0.1) is 0 Å². The molecule has 8 heteroatoms. The van der Waals surface area contributed by atoms with Crippen LogP contribution in [0.4, 0.5) is 0 Å². The molecule has 0 aliphatic rings. The first-order valence-electron chi connectivity index (χ1n) is 18.9. The van der Waals surface area contributed by atoms with Gasteiger partial charge >= 0.3 is 0 Å². The fourth-order valence-electron chi connectivity index (χ4n) is 5.83. The summed E-state index contributed by atoms with van der Waals surface area (Å²) in [6.07, 6.45) is 34.8. The normalized spacial score (nSPS) is 11.0. The average molecular weight is 622 g/mol. The summed E-state index contributed by atoms with van der Waals surface area (Å²) in [6.45, 7) is 5.54. The highest BCUT2D eigenvalue weighted by Gasteiger charge is 2.12. The molecule has 0 rings (SSSR count). The first-order valence-corrected chi connectivity index (χ1v) is 18.9. The molecule has 0 aromatic heterocycles. The van der Waals surface area contributed by atoms with Gasteiger partial charge in [0, 0.05) is 32.6 Å². The zero-order chi connectivity index (χ0) is 32.4. The highest BCUT2D eigenvalue weighted by atomic mass is 16.2. The number of hydrogen-bond acceptors (Lipinski definition) is 3. The van der Waals surface area contributed by atoms with Crippen molar-refractivity contribution in [2.45, 2.75) is 187 Å². The van der Waals surface area contributed by atoms with Crippen LogP contribution in [0.15, 0.2) is 9.98 Å². The molecule has 0 radical (unpaired) electrons. The highest BCUT2D eigenvalue weighted by Crippen LogP contribution is 2.15. The van der Waals surface area contributed by atoms with Crippen LogP contribution in [0.2, 0.25) is 0 Å². The van der Waals surface area contributed by atoms with Gasteiger partial charge in [0.05, 0.1) is 0 Å². The second kappa shape index (κ2) is 33.9. The Kier molecular flexibility index (Phi) is 32.4. The van der Waals surface area contributed by atoms with Gasteiger partial charge < -0.3 is 27.8 Å². The maximum absolute atomic E-state index is 13.1. The van der Waals surface area contributed by atoms with Crippen molar-refractivity contribution in [1.82, 2.24) is 4.90 Å². The Morgan fingerprint density at radius 2 is 0.727 bits per heavy atom. The molecule has 0 fully saturated rings. The first kappa shape index (κ1) is 42.0. The van der Waals surface area contributed by atoms with Crippen LogP contribution in [0.5, 0.6) is 0 Å². The van der Waals surface area contributed by atoms with E-state index in [4.69, 9.17) is 22.9 Å². The highest BCUT2D eigenvalue weighted by molar-refractivity contribution is 5.76. The Bertz CT molecular complexity index is 641. The molecule has 1 amide bonds. The van der Waals surface area contributed by atoms with Gasteiger partial charge in [0.15, 0.2) is 11.9 Å². The fourth-order valence-corrected chi connectivity index (χ4v) is 5.83. The van der Waals surface area contributed by atoms with E-state index in [1.165, 1.54) is 128 Å². The van der Waals surface area contributed by atoms with Crippen LogP contribution in [0, 0.1) is 0 Å². The molecule has 44 heavy (non-hydrogen) atoms. The van der Waals surface area contributed by atoms with Crippen LogP contribution in [-0.2, 0) is 4.79 Å². The molecule has 0 aromatic carbocycles. The second-order valence-electron chi connectivity index (χ2n) is 12.9. The number of nitrogens with two attached hydrogens (primary N) is 4. The summed E-state index contributed by atoms with van der Waals surface area (Å²) in [5, 5.41) is 0. The van der Waals surface area contributed by atoms with E-state index in [0.717, 1.165) is 71.1 Å². The van der Waals surface area contributed by atoms with Gasteiger partial charge in [-0.25, -0.2) is 0 Å². The van der Waals surface area contributed by atoms with Crippen LogP contribution in [-0.4, -0.2) is 48.9 Å². The molecule has 0 aliphatic carbocycles. The molecule has 8 nitrogen and oxygen atoms in total. The van der Waals surface area contributed by atoms with Crippen molar-refractivity contribution in [1.29, 1.82) is 0 Å². The molecule has 0 spiro atoms. The first-order chi connectivity index (χ1) is 21.5. The van der Waals surface area contributed by atoms with Gasteiger partial charge in [0.2, 0.25) is 5.91 Å². The molecule has 0 unspecified atom stereocenters. The zero-order valence-corrected chi connectivity index (χ0v) is 29.2. The quantitative estimate of drug-likeness (QED) is 0.0324. The number of carbonyl (C=O) groups is 1. The largest absolute Gasteiger partial charge is 0.370 e. The lowest BCUT2D eigenvalue weighted by Crippen LogP contribution is -2.32. The van der Waals surface area contributed by atoms with Crippen LogP contribution < -0.4 is 22.9 Å². The maximum atomic E-state index is 13.1. The van der Waals surface area contributed by atoms with E-state index in [9.17, 15) is 4.79 Å². The minimum absolute atomic E-state index is 0.182. The number of carbonyl (C=O) groups excluding carboxylic acids is 1. The van der Waals surface area contributed by atoms with E-state index in [0.29, 0.717) is 12.3 Å². The molecular formula is C36H75N7O. The summed E-state index contributed by atoms with van der Waals surface area (Å²) in [6, 6.07) is 0. The minimum atomic E-state index is 0.182. The number of guanidine groups is 2. The lowest BCUT2D eigenvalue weighted by molar-refractivity contribution is -0.131. The summed E-state index contributed by atoms with van der Waals surface area (Å²) in [5.41, 5.74) is 21.5. The SMILES string of the molecule is CCCCCCCCCCCCCCCCCC(=O)N(CCCCCCCCN=C(N)N)CCCCCCCCN=C(N)N. The van der Waals surface area contributed by atoms with Crippen molar-refractivity contribution >= 4 is 17.8 Å². The Labute approximate surface area is 273 Å². The van der Waals surface area contributed by atoms with Crippen molar-refractivity contribution in [2.24, 2.45) is 32.9 Å². The van der Waals surface area contributed by atoms with Gasteiger partial charge in [-0.1, -0.05) is 148 Å². The van der Waals surface area contributed by atoms with Crippen molar-refractivity contribution in [3.8, 4) is 0 Å². The van der Waals surface area contributed by atoms with Crippen LogP contribution in [0.1, 0.15) is 187 Å². The van der Waals surface area contributed by atoms with Crippen LogP contribution in [0.3, 0.4) is 0 Å². The Balaban J connectivity index is 4.06. The third kappa shape index (κ3) is 32.9. The minimum Gasteiger partial charge on any atom is -0.370 e. The van der Waals surface area contributed by atoms with Crippen LogP contribution >= 0.6 is 0 Å². The van der Waals surface area contributed by atoms with Crippen molar-refractivity contribution < 1.29 is 4.79 Å². The molecule has 8 N–H and O–H groups in total. The molecule has 0 bridgehead atoms. The Morgan fingerprint density at radius 1 is 0.432 bits per heavy atom. The summed E-state index contributed by atoms with van der Waals surface area (Å²) in [4.78, 5) is 23.4. The molecule has 260 valence electrons. The molecule has 0 aliphatic heterocycles. The van der Waals surface area contributed by atoms with Gasteiger partial charge in [-0.3, -0.25) is 14.8 Å². The summed E-state index contributed by atoms with van der Waals surface area (Å²) in [7, 11) is 0. The number of nitrogens with zero attached hydrogens (tertiary/aromatic N) is 3. The van der Waals surface area contributed by atoms with Crippen LogP contribution in [0.25, 0.3) is 0 Å². The van der Waals surface area contributed by atoms with E-state index < -0.39 is 0 Å². The molecular weight excluding hydrogens is 546 g/mol. The lowest BCUT2D eigenvalue weighted by atomic mass is 10.0. The molecule has 0 aromatic rings. The van der Waals surface area contributed by atoms with Crippen molar-refractivity contribution in [3.05, 3.63) is 0 Å². The standard InChI is InChI=1S/C36H75N7O/c1-2-3-4-5-6-7-8-9-10-11-12-13-14-19-24-29-34(44)43(32-27-22-17-15-20-25-30-41-35(37)38)33-28-23-18-16-21-26-31-42-36(39)40/h2-33H2,1H3,(H4,37,38,41)(H4,39,40,42). The van der Waals surface area contributed by atoms with Gasteiger partial charge in [0.25, 0.3) is 0 Å². The topological polar surface area (TPSA) is 149 Å². The van der Waals surface area contributed by atoms with Gasteiger partial charge in [-0.2, -0.15) is 0 Å². The summed E-state index contributed by atoms with van der Waals surface area (Å²) < 4.78 is 0. The lowest BCUT2D eigenvalue weighted by Gasteiger charge is -2.23. The second-order valence-corrected chi connectivity index (χ2v) is 12.9.